The van der Waals surface area contributed by atoms with Crippen molar-refractivity contribution in [3.63, 3.8) is 0 Å². The predicted octanol–water partition coefficient (Wildman–Crippen LogP) is 2.67. The maximum Gasteiger partial charge on any atom is 0.253 e. The zero-order chi connectivity index (χ0) is 21.6. The molecule has 2 rings (SSSR count). The molecule has 8 heteroatoms. The number of hydrogen-bond acceptors (Lipinski definition) is 5. The van der Waals surface area contributed by atoms with E-state index in [1.807, 2.05) is 0 Å². The smallest absolute Gasteiger partial charge is 0.253 e. The maximum absolute atomic E-state index is 12.4. The van der Waals surface area contributed by atoms with E-state index in [2.05, 4.69) is 22.5 Å². The molecule has 0 unspecified atom stereocenters. The van der Waals surface area contributed by atoms with Crippen molar-refractivity contribution in [2.24, 2.45) is 0 Å². The van der Waals surface area contributed by atoms with E-state index in [0.29, 0.717) is 34.6 Å². The van der Waals surface area contributed by atoms with Gasteiger partial charge in [-0.15, -0.1) is 6.58 Å². The van der Waals surface area contributed by atoms with Gasteiger partial charge in [0.1, 0.15) is 0 Å². The third-order valence-electron chi connectivity index (χ3n) is 4.27. The van der Waals surface area contributed by atoms with Crippen LogP contribution in [0.3, 0.4) is 0 Å². The van der Waals surface area contributed by atoms with Crippen molar-refractivity contribution in [2.75, 3.05) is 30.0 Å². The number of rotatable bonds is 8. The van der Waals surface area contributed by atoms with Crippen LogP contribution >= 0.6 is 0 Å². The summed E-state index contributed by atoms with van der Waals surface area (Å²) in [6.45, 7) is 7.21. The van der Waals surface area contributed by atoms with Gasteiger partial charge in [0.2, 0.25) is 5.91 Å². The van der Waals surface area contributed by atoms with Crippen molar-refractivity contribution in [3.05, 3.63) is 65.7 Å². The average molecular weight is 416 g/mol. The van der Waals surface area contributed by atoms with Gasteiger partial charge in [-0.05, 0) is 43.2 Å². The first-order chi connectivity index (χ1) is 13.6. The van der Waals surface area contributed by atoms with Gasteiger partial charge in [0.05, 0.1) is 22.7 Å². The Labute approximate surface area is 171 Å². The van der Waals surface area contributed by atoms with Gasteiger partial charge in [0, 0.05) is 18.5 Å². The molecule has 0 heterocycles. The first-order valence-corrected chi connectivity index (χ1v) is 10.9. The first-order valence-electron chi connectivity index (χ1n) is 8.97. The topological polar surface area (TPSA) is 104 Å². The molecule has 0 aromatic heterocycles. The van der Waals surface area contributed by atoms with E-state index in [1.54, 1.807) is 56.3 Å². The summed E-state index contributed by atoms with van der Waals surface area (Å²) in [6.07, 6.45) is 2.73. The zero-order valence-electron chi connectivity index (χ0n) is 16.7. The molecule has 0 radical (unpaired) electrons. The van der Waals surface area contributed by atoms with Crippen molar-refractivity contribution in [3.8, 4) is 0 Å². The Hall–Kier alpha value is -3.13. The highest BCUT2D eigenvalue weighted by molar-refractivity contribution is 7.90. The molecule has 0 spiro atoms. The van der Waals surface area contributed by atoms with Gasteiger partial charge in [0.15, 0.2) is 9.84 Å². The van der Waals surface area contributed by atoms with Crippen molar-refractivity contribution in [1.29, 1.82) is 0 Å². The van der Waals surface area contributed by atoms with Crippen LogP contribution in [0.2, 0.25) is 0 Å². The highest BCUT2D eigenvalue weighted by Crippen LogP contribution is 2.26. The Morgan fingerprint density at radius 2 is 1.76 bits per heavy atom. The second-order valence-electron chi connectivity index (χ2n) is 6.60. The third-order valence-corrected chi connectivity index (χ3v) is 5.64. The molecule has 0 bridgehead atoms. The molecule has 29 heavy (non-hydrogen) atoms. The van der Waals surface area contributed by atoms with Gasteiger partial charge in [-0.1, -0.05) is 24.3 Å². The van der Waals surface area contributed by atoms with Crippen molar-refractivity contribution >= 4 is 33.0 Å². The second kappa shape index (κ2) is 9.38. The van der Waals surface area contributed by atoms with Crippen LogP contribution in [-0.2, 0) is 14.6 Å². The first kappa shape index (κ1) is 22.2. The summed E-state index contributed by atoms with van der Waals surface area (Å²) >= 11 is 0. The lowest BCUT2D eigenvalue weighted by molar-refractivity contribution is -0.114. The van der Waals surface area contributed by atoms with Crippen molar-refractivity contribution < 1.29 is 18.0 Å². The Balaban J connectivity index is 2.13. The minimum absolute atomic E-state index is 0.0876. The molecule has 2 aromatic carbocycles. The Kier molecular flexibility index (Phi) is 7.17. The van der Waals surface area contributed by atoms with Crippen molar-refractivity contribution in [1.82, 2.24) is 5.32 Å². The molecule has 0 aliphatic heterocycles. The molecule has 0 fully saturated rings. The number of carbonyl (C=O) groups is 2. The maximum atomic E-state index is 12.4. The average Bonchev–Trinajstić information content (AvgIpc) is 2.65. The molecule has 0 atom stereocenters. The number of aryl methyl sites for hydroxylation is 1. The summed E-state index contributed by atoms with van der Waals surface area (Å²) in [4.78, 5) is 24.9. The van der Waals surface area contributed by atoms with Crippen LogP contribution in [0, 0.1) is 13.8 Å². The van der Waals surface area contributed by atoms with Gasteiger partial charge in [-0.3, -0.25) is 9.59 Å². The zero-order valence-corrected chi connectivity index (χ0v) is 17.5. The van der Waals surface area contributed by atoms with Gasteiger partial charge in [0.25, 0.3) is 5.91 Å². The van der Waals surface area contributed by atoms with E-state index in [-0.39, 0.29) is 23.3 Å². The van der Waals surface area contributed by atoms with E-state index in [1.165, 1.54) is 0 Å². The van der Waals surface area contributed by atoms with Crippen LogP contribution in [0.5, 0.6) is 0 Å². The second-order valence-corrected chi connectivity index (χ2v) is 8.55. The Morgan fingerprint density at radius 3 is 2.41 bits per heavy atom. The van der Waals surface area contributed by atoms with Crippen LogP contribution in [0.4, 0.5) is 11.4 Å². The minimum Gasteiger partial charge on any atom is -0.376 e. The summed E-state index contributed by atoms with van der Waals surface area (Å²) in [7, 11) is -3.39. The number of sulfone groups is 1. The fraction of sp³-hybridized carbons (Fsp3) is 0.238. The fourth-order valence-electron chi connectivity index (χ4n) is 3.01. The molecule has 7 nitrogen and oxygen atoms in total. The molecule has 2 amide bonds. The highest BCUT2D eigenvalue weighted by Gasteiger charge is 2.17. The van der Waals surface area contributed by atoms with Crippen LogP contribution in [0.15, 0.2) is 53.9 Å². The third kappa shape index (κ3) is 5.68. The van der Waals surface area contributed by atoms with Crippen LogP contribution in [0.25, 0.3) is 0 Å². The number of anilines is 2. The van der Waals surface area contributed by atoms with E-state index >= 15 is 0 Å². The van der Waals surface area contributed by atoms with Crippen molar-refractivity contribution in [2.45, 2.75) is 18.7 Å². The SMILES string of the molecule is C=CCNC(=O)c1ccccc1NC(=O)CNc1ccc(C)c(S(C)(=O)=O)c1C. The normalized spacial score (nSPS) is 10.9. The summed E-state index contributed by atoms with van der Waals surface area (Å²) in [5, 5.41) is 8.35. The van der Waals surface area contributed by atoms with Gasteiger partial charge in [-0.2, -0.15) is 0 Å². The lowest BCUT2D eigenvalue weighted by atomic mass is 10.1. The molecule has 0 aliphatic rings. The summed E-state index contributed by atoms with van der Waals surface area (Å²) in [6, 6.07) is 10.1. The summed E-state index contributed by atoms with van der Waals surface area (Å²) < 4.78 is 24.1. The molecule has 154 valence electrons. The lowest BCUT2D eigenvalue weighted by Crippen LogP contribution is -2.27. The molecule has 3 N–H and O–H groups in total. The largest absolute Gasteiger partial charge is 0.376 e. The van der Waals surface area contributed by atoms with E-state index in [4.69, 9.17) is 0 Å². The number of carbonyl (C=O) groups excluding carboxylic acids is 2. The lowest BCUT2D eigenvalue weighted by Gasteiger charge is -2.15. The number of para-hydroxylation sites is 1. The monoisotopic (exact) mass is 415 g/mol. The number of nitrogens with one attached hydrogen (secondary N) is 3. The van der Waals surface area contributed by atoms with Crippen LogP contribution in [-0.4, -0.2) is 39.6 Å². The quantitative estimate of drug-likeness (QED) is 0.575. The Morgan fingerprint density at radius 1 is 1.07 bits per heavy atom. The molecule has 0 saturated carbocycles. The summed E-state index contributed by atoms with van der Waals surface area (Å²) in [5.74, 6) is -0.684. The molecular formula is C21H25N3O4S. The van der Waals surface area contributed by atoms with Gasteiger partial charge in [-0.25, -0.2) is 8.42 Å². The number of amides is 2. The predicted molar refractivity (Wildman–Crippen MR) is 115 cm³/mol. The van der Waals surface area contributed by atoms with Gasteiger partial charge < -0.3 is 16.0 Å². The molecule has 2 aromatic rings. The van der Waals surface area contributed by atoms with Crippen LogP contribution in [0.1, 0.15) is 21.5 Å². The fourth-order valence-corrected chi connectivity index (χ4v) is 4.33. The molecular weight excluding hydrogens is 390 g/mol. The van der Waals surface area contributed by atoms with Gasteiger partial charge >= 0.3 is 0 Å². The molecule has 0 saturated heterocycles. The highest BCUT2D eigenvalue weighted by atomic mass is 32.2. The molecule has 0 aliphatic carbocycles. The number of hydrogen-bond donors (Lipinski definition) is 3. The summed E-state index contributed by atoms with van der Waals surface area (Å²) in [5.41, 5.74) is 2.50. The minimum atomic E-state index is -3.39. The van der Waals surface area contributed by atoms with E-state index in [0.717, 1.165) is 6.26 Å². The number of benzene rings is 2. The van der Waals surface area contributed by atoms with Crippen LogP contribution < -0.4 is 16.0 Å². The Bertz CT molecular complexity index is 1050. The van der Waals surface area contributed by atoms with E-state index in [9.17, 15) is 18.0 Å². The standard InChI is InChI=1S/C21H25N3O4S/c1-5-12-22-21(26)16-8-6-7-9-18(16)24-19(25)13-23-17-11-10-14(2)20(15(17)3)29(4,27)28/h5-11,23H,1,12-13H2,2-4H3,(H,22,26)(H,24,25). The van der Waals surface area contributed by atoms with E-state index < -0.39 is 9.84 Å².